The summed E-state index contributed by atoms with van der Waals surface area (Å²) in [4.78, 5) is 11.2. The number of hydrogen-bond donors (Lipinski definition) is 1. The minimum absolute atomic E-state index is 0.245. The molecule has 0 spiro atoms. The third kappa shape index (κ3) is 2.55. The van der Waals surface area contributed by atoms with Crippen LogP contribution in [0.4, 0.5) is 0 Å². The number of aryl methyl sites for hydroxylation is 1. The normalized spacial score (nSPS) is 11.9. The summed E-state index contributed by atoms with van der Waals surface area (Å²) in [6, 6.07) is 7.67. The van der Waals surface area contributed by atoms with Crippen LogP contribution in [0.1, 0.15) is 37.6 Å². The predicted octanol–water partition coefficient (Wildman–Crippen LogP) is 3.78. The Kier molecular flexibility index (Phi) is 3.16. The zero-order chi connectivity index (χ0) is 13.3. The molecule has 96 valence electrons. The number of carboxylic acid groups (broad SMARTS) is 1. The maximum absolute atomic E-state index is 11.2. The molecule has 0 aliphatic rings. The molecule has 1 heterocycles. The molecule has 2 rings (SSSR count). The van der Waals surface area contributed by atoms with E-state index in [-0.39, 0.29) is 5.41 Å². The highest BCUT2D eigenvalue weighted by Crippen LogP contribution is 2.25. The van der Waals surface area contributed by atoms with Crippen LogP contribution in [-0.4, -0.2) is 15.6 Å². The first-order valence-corrected chi connectivity index (χ1v) is 6.20. The first kappa shape index (κ1) is 12.7. The van der Waals surface area contributed by atoms with Crippen molar-refractivity contribution in [2.45, 2.75) is 33.7 Å². The average molecular weight is 245 g/mol. The van der Waals surface area contributed by atoms with Gasteiger partial charge in [0, 0.05) is 23.6 Å². The lowest BCUT2D eigenvalue weighted by molar-refractivity contribution is 0.0699. The lowest BCUT2D eigenvalue weighted by Gasteiger charge is -2.18. The Morgan fingerprint density at radius 2 is 1.94 bits per heavy atom. The molecule has 0 saturated heterocycles. The molecule has 18 heavy (non-hydrogen) atoms. The largest absolute Gasteiger partial charge is 0.478 e. The summed E-state index contributed by atoms with van der Waals surface area (Å²) >= 11 is 0. The standard InChI is InChI=1S/C15H19NO2/c1-15(2,3)8-9-16-10-12(14(17)18)11-6-4-5-7-13(11)16/h4-7,10H,8-9H2,1-3H3,(H,17,18). The Balaban J connectivity index is 2.42. The monoisotopic (exact) mass is 245 g/mol. The molecule has 3 nitrogen and oxygen atoms in total. The second kappa shape index (κ2) is 4.48. The van der Waals surface area contributed by atoms with E-state index in [1.165, 1.54) is 0 Å². The summed E-state index contributed by atoms with van der Waals surface area (Å²) in [7, 11) is 0. The average Bonchev–Trinajstić information content (AvgIpc) is 2.64. The molecule has 0 radical (unpaired) electrons. The van der Waals surface area contributed by atoms with Crippen molar-refractivity contribution < 1.29 is 9.90 Å². The number of hydrogen-bond acceptors (Lipinski definition) is 1. The van der Waals surface area contributed by atoms with Gasteiger partial charge in [-0.25, -0.2) is 4.79 Å². The van der Waals surface area contributed by atoms with Crippen LogP contribution < -0.4 is 0 Å². The Bertz CT molecular complexity index is 576. The van der Waals surface area contributed by atoms with E-state index in [9.17, 15) is 9.90 Å². The summed E-state index contributed by atoms with van der Waals surface area (Å²) in [5, 5.41) is 10.0. The SMILES string of the molecule is CC(C)(C)CCn1cc(C(=O)O)c2ccccc21. The molecule has 0 unspecified atom stereocenters. The van der Waals surface area contributed by atoms with Gasteiger partial charge in [0.2, 0.25) is 0 Å². The van der Waals surface area contributed by atoms with Gasteiger partial charge in [0.1, 0.15) is 0 Å². The van der Waals surface area contributed by atoms with Gasteiger partial charge in [-0.3, -0.25) is 0 Å². The predicted molar refractivity (Wildman–Crippen MR) is 73.0 cm³/mol. The Morgan fingerprint density at radius 3 is 2.56 bits per heavy atom. The number of carboxylic acids is 1. The second-order valence-electron chi connectivity index (χ2n) is 5.87. The van der Waals surface area contributed by atoms with Crippen LogP contribution in [0.15, 0.2) is 30.5 Å². The highest BCUT2D eigenvalue weighted by Gasteiger charge is 2.15. The topological polar surface area (TPSA) is 42.2 Å². The summed E-state index contributed by atoms with van der Waals surface area (Å²) in [6.07, 6.45) is 2.77. The first-order chi connectivity index (χ1) is 8.38. The smallest absolute Gasteiger partial charge is 0.337 e. The van der Waals surface area contributed by atoms with Gasteiger partial charge in [-0.15, -0.1) is 0 Å². The number of aromatic carboxylic acids is 1. The highest BCUT2D eigenvalue weighted by atomic mass is 16.4. The van der Waals surface area contributed by atoms with Crippen molar-refractivity contribution >= 4 is 16.9 Å². The van der Waals surface area contributed by atoms with Gasteiger partial charge in [-0.1, -0.05) is 39.0 Å². The van der Waals surface area contributed by atoms with Gasteiger partial charge in [0.15, 0.2) is 0 Å². The van der Waals surface area contributed by atoms with E-state index < -0.39 is 5.97 Å². The molecule has 0 atom stereocenters. The Morgan fingerprint density at radius 1 is 1.28 bits per heavy atom. The van der Waals surface area contributed by atoms with E-state index in [0.717, 1.165) is 23.9 Å². The number of nitrogens with zero attached hydrogens (tertiary/aromatic N) is 1. The Hall–Kier alpha value is -1.77. The molecule has 0 saturated carbocycles. The van der Waals surface area contributed by atoms with Crippen molar-refractivity contribution in [1.82, 2.24) is 4.57 Å². The zero-order valence-electron chi connectivity index (χ0n) is 11.1. The molecule has 1 N–H and O–H groups in total. The van der Waals surface area contributed by atoms with Crippen LogP contribution in [0.2, 0.25) is 0 Å². The van der Waals surface area contributed by atoms with E-state index in [2.05, 4.69) is 20.8 Å². The number of aromatic nitrogens is 1. The van der Waals surface area contributed by atoms with Gasteiger partial charge in [-0.05, 0) is 17.9 Å². The molecule has 3 heteroatoms. The number of carbonyl (C=O) groups is 1. The van der Waals surface area contributed by atoms with Crippen molar-refractivity contribution in [3.8, 4) is 0 Å². The van der Waals surface area contributed by atoms with Gasteiger partial charge < -0.3 is 9.67 Å². The van der Waals surface area contributed by atoms with E-state index in [1.54, 1.807) is 6.20 Å². The van der Waals surface area contributed by atoms with Crippen molar-refractivity contribution in [2.75, 3.05) is 0 Å². The van der Waals surface area contributed by atoms with E-state index in [0.29, 0.717) is 5.56 Å². The molecular formula is C15H19NO2. The van der Waals surface area contributed by atoms with Gasteiger partial charge in [-0.2, -0.15) is 0 Å². The lowest BCUT2D eigenvalue weighted by Crippen LogP contribution is -2.09. The van der Waals surface area contributed by atoms with Crippen molar-refractivity contribution in [3.05, 3.63) is 36.0 Å². The van der Waals surface area contributed by atoms with Crippen LogP contribution in [0.3, 0.4) is 0 Å². The molecule has 0 fully saturated rings. The Labute approximate surface area is 107 Å². The highest BCUT2D eigenvalue weighted by molar-refractivity contribution is 6.03. The quantitative estimate of drug-likeness (QED) is 0.894. The van der Waals surface area contributed by atoms with E-state index in [4.69, 9.17) is 0 Å². The molecular weight excluding hydrogens is 226 g/mol. The fourth-order valence-electron chi connectivity index (χ4n) is 2.06. The van der Waals surface area contributed by atoms with E-state index >= 15 is 0 Å². The molecule has 1 aromatic carbocycles. The minimum atomic E-state index is -0.860. The van der Waals surface area contributed by atoms with Crippen LogP contribution in [-0.2, 0) is 6.54 Å². The van der Waals surface area contributed by atoms with Gasteiger partial charge in [0.25, 0.3) is 0 Å². The summed E-state index contributed by atoms with van der Waals surface area (Å²) in [6.45, 7) is 7.42. The lowest BCUT2D eigenvalue weighted by atomic mass is 9.92. The maximum Gasteiger partial charge on any atom is 0.337 e. The summed E-state index contributed by atoms with van der Waals surface area (Å²) < 4.78 is 2.05. The number of benzene rings is 1. The van der Waals surface area contributed by atoms with Crippen molar-refractivity contribution in [2.24, 2.45) is 5.41 Å². The van der Waals surface area contributed by atoms with Crippen LogP contribution in [0.25, 0.3) is 10.9 Å². The van der Waals surface area contributed by atoms with Crippen LogP contribution in [0.5, 0.6) is 0 Å². The molecule has 0 amide bonds. The number of para-hydroxylation sites is 1. The van der Waals surface area contributed by atoms with Crippen LogP contribution >= 0.6 is 0 Å². The third-order valence-electron chi connectivity index (χ3n) is 3.12. The summed E-state index contributed by atoms with van der Waals surface area (Å²) in [5.41, 5.74) is 1.63. The third-order valence-corrected chi connectivity index (χ3v) is 3.12. The van der Waals surface area contributed by atoms with Gasteiger partial charge >= 0.3 is 5.97 Å². The molecule has 0 aliphatic carbocycles. The number of rotatable bonds is 3. The van der Waals surface area contributed by atoms with Crippen molar-refractivity contribution in [3.63, 3.8) is 0 Å². The van der Waals surface area contributed by atoms with Crippen molar-refractivity contribution in [1.29, 1.82) is 0 Å². The summed E-state index contributed by atoms with van der Waals surface area (Å²) in [5.74, 6) is -0.860. The first-order valence-electron chi connectivity index (χ1n) is 6.20. The molecule has 0 bridgehead atoms. The minimum Gasteiger partial charge on any atom is -0.478 e. The number of fused-ring (bicyclic) bond motifs is 1. The van der Waals surface area contributed by atoms with E-state index in [1.807, 2.05) is 28.8 Å². The zero-order valence-corrected chi connectivity index (χ0v) is 11.1. The maximum atomic E-state index is 11.2. The molecule has 1 aromatic heterocycles. The fraction of sp³-hybridized carbons (Fsp3) is 0.400. The molecule has 2 aromatic rings. The second-order valence-corrected chi connectivity index (χ2v) is 5.87. The van der Waals surface area contributed by atoms with Gasteiger partial charge in [0.05, 0.1) is 5.56 Å². The van der Waals surface area contributed by atoms with Crippen LogP contribution in [0, 0.1) is 5.41 Å². The fourth-order valence-corrected chi connectivity index (χ4v) is 2.06. The molecule has 0 aliphatic heterocycles.